The van der Waals surface area contributed by atoms with Crippen LogP contribution >= 0.6 is 22.9 Å². The van der Waals surface area contributed by atoms with E-state index in [4.69, 9.17) is 11.6 Å². The third-order valence-corrected chi connectivity index (χ3v) is 3.94. The van der Waals surface area contributed by atoms with E-state index in [0.717, 1.165) is 28.1 Å². The molecule has 0 saturated carbocycles. The van der Waals surface area contributed by atoms with Crippen LogP contribution in [-0.4, -0.2) is 5.91 Å². The largest absolute Gasteiger partial charge is 0.321 e. The number of alkyl halides is 1. The first-order valence-corrected chi connectivity index (χ1v) is 7.18. The molecule has 0 aliphatic heterocycles. The maximum atomic E-state index is 12.1. The van der Waals surface area contributed by atoms with Crippen molar-refractivity contribution in [1.29, 1.82) is 0 Å². The molecule has 2 nitrogen and oxygen atoms in total. The summed E-state index contributed by atoms with van der Waals surface area (Å²) in [6.07, 6.45) is 0.869. The van der Waals surface area contributed by atoms with Gasteiger partial charge in [0.1, 0.15) is 0 Å². The molecule has 1 amide bonds. The number of rotatable bonds is 4. The molecule has 1 aromatic heterocycles. The van der Waals surface area contributed by atoms with E-state index in [9.17, 15) is 4.79 Å². The van der Waals surface area contributed by atoms with Crippen molar-refractivity contribution in [3.63, 3.8) is 0 Å². The second-order valence-electron chi connectivity index (χ2n) is 3.92. The summed E-state index contributed by atoms with van der Waals surface area (Å²) in [4.78, 5) is 12.9. The second kappa shape index (κ2) is 6.03. The average Bonchev–Trinajstić information content (AvgIpc) is 2.87. The monoisotopic (exact) mass is 279 g/mol. The quantitative estimate of drug-likeness (QED) is 0.831. The van der Waals surface area contributed by atoms with Gasteiger partial charge in [-0.3, -0.25) is 4.79 Å². The fourth-order valence-electron chi connectivity index (χ4n) is 1.73. The Morgan fingerprint density at radius 3 is 2.94 bits per heavy atom. The Balaban J connectivity index is 2.16. The van der Waals surface area contributed by atoms with Crippen LogP contribution < -0.4 is 5.32 Å². The Hall–Kier alpha value is -1.32. The van der Waals surface area contributed by atoms with Crippen molar-refractivity contribution in [2.24, 2.45) is 0 Å². The smallest absolute Gasteiger partial charge is 0.266 e. The molecule has 18 heavy (non-hydrogen) atoms. The first-order valence-electron chi connectivity index (χ1n) is 5.77. The summed E-state index contributed by atoms with van der Waals surface area (Å²) in [7, 11) is 0. The number of carbonyl (C=O) groups excluding carboxylic acids is 1. The molecule has 0 spiro atoms. The highest BCUT2D eigenvalue weighted by molar-refractivity contribution is 7.12. The Bertz CT molecular complexity index is 550. The van der Waals surface area contributed by atoms with E-state index in [1.54, 1.807) is 0 Å². The van der Waals surface area contributed by atoms with Gasteiger partial charge in [0.15, 0.2) is 0 Å². The summed E-state index contributed by atoms with van der Waals surface area (Å²) < 4.78 is 0. The van der Waals surface area contributed by atoms with Crippen LogP contribution in [0.1, 0.15) is 27.7 Å². The van der Waals surface area contributed by atoms with Gasteiger partial charge < -0.3 is 5.32 Å². The minimum Gasteiger partial charge on any atom is -0.321 e. The summed E-state index contributed by atoms with van der Waals surface area (Å²) in [6, 6.07) is 9.58. The van der Waals surface area contributed by atoms with Crippen molar-refractivity contribution >= 4 is 34.5 Å². The predicted molar refractivity (Wildman–Crippen MR) is 77.6 cm³/mol. The molecular weight excluding hydrogens is 266 g/mol. The number of aryl methyl sites for hydroxylation is 1. The van der Waals surface area contributed by atoms with Gasteiger partial charge in [0.2, 0.25) is 0 Å². The predicted octanol–water partition coefficient (Wildman–Crippen LogP) is 4.30. The zero-order valence-corrected chi connectivity index (χ0v) is 11.6. The van der Waals surface area contributed by atoms with E-state index >= 15 is 0 Å². The highest BCUT2D eigenvalue weighted by Gasteiger charge is 2.12. The lowest BCUT2D eigenvalue weighted by atomic mass is 10.2. The van der Waals surface area contributed by atoms with Gasteiger partial charge in [0, 0.05) is 11.6 Å². The highest BCUT2D eigenvalue weighted by atomic mass is 35.5. The molecular formula is C14H14ClNOS. The van der Waals surface area contributed by atoms with Crippen molar-refractivity contribution < 1.29 is 4.79 Å². The topological polar surface area (TPSA) is 29.1 Å². The Morgan fingerprint density at radius 1 is 1.39 bits per heavy atom. The lowest BCUT2D eigenvalue weighted by Gasteiger charge is -2.06. The SMILES string of the molecule is CCc1ccsc1C(=O)Nc1cccc(CCl)c1. The van der Waals surface area contributed by atoms with Crippen LogP contribution in [0.15, 0.2) is 35.7 Å². The van der Waals surface area contributed by atoms with Gasteiger partial charge in [-0.25, -0.2) is 0 Å². The third kappa shape index (κ3) is 2.92. The van der Waals surface area contributed by atoms with E-state index in [0.29, 0.717) is 5.88 Å². The van der Waals surface area contributed by atoms with Crippen molar-refractivity contribution in [1.82, 2.24) is 0 Å². The maximum Gasteiger partial charge on any atom is 0.266 e. The lowest BCUT2D eigenvalue weighted by molar-refractivity contribution is 0.103. The fourth-order valence-corrected chi connectivity index (χ4v) is 2.79. The summed E-state index contributed by atoms with van der Waals surface area (Å²) in [5.74, 6) is 0.400. The number of carbonyl (C=O) groups is 1. The van der Waals surface area contributed by atoms with Gasteiger partial charge in [-0.1, -0.05) is 19.1 Å². The molecule has 0 aliphatic rings. The molecule has 94 valence electrons. The molecule has 1 heterocycles. The number of hydrogen-bond donors (Lipinski definition) is 1. The standard InChI is InChI=1S/C14H14ClNOS/c1-2-11-6-7-18-13(11)14(17)16-12-5-3-4-10(8-12)9-15/h3-8H,2,9H2,1H3,(H,16,17). The van der Waals surface area contributed by atoms with E-state index < -0.39 is 0 Å². The first kappa shape index (κ1) is 13.1. The molecule has 0 atom stereocenters. The number of halogens is 1. The molecule has 0 aliphatic carbocycles. The van der Waals surface area contributed by atoms with Crippen LogP contribution in [0.2, 0.25) is 0 Å². The van der Waals surface area contributed by atoms with Crippen molar-refractivity contribution in [2.45, 2.75) is 19.2 Å². The molecule has 0 saturated heterocycles. The number of benzene rings is 1. The van der Waals surface area contributed by atoms with Crippen LogP contribution in [0.5, 0.6) is 0 Å². The average molecular weight is 280 g/mol. The van der Waals surface area contributed by atoms with Crippen molar-refractivity contribution in [3.8, 4) is 0 Å². The van der Waals surface area contributed by atoms with Crippen LogP contribution in [-0.2, 0) is 12.3 Å². The number of hydrogen-bond acceptors (Lipinski definition) is 2. The Labute approximate surface area is 116 Å². The van der Waals surface area contributed by atoms with Gasteiger partial charge in [0.25, 0.3) is 5.91 Å². The zero-order chi connectivity index (χ0) is 13.0. The van der Waals surface area contributed by atoms with Gasteiger partial charge in [-0.05, 0) is 41.1 Å². The summed E-state index contributed by atoms with van der Waals surface area (Å²) in [5, 5.41) is 4.85. The molecule has 0 bridgehead atoms. The molecule has 2 rings (SSSR count). The molecule has 2 aromatic rings. The minimum absolute atomic E-state index is 0.0476. The van der Waals surface area contributed by atoms with Gasteiger partial charge in [0.05, 0.1) is 4.88 Å². The summed E-state index contributed by atoms with van der Waals surface area (Å²) >= 11 is 7.25. The third-order valence-electron chi connectivity index (χ3n) is 2.67. The van der Waals surface area contributed by atoms with Crippen molar-refractivity contribution in [3.05, 3.63) is 51.7 Å². The summed E-state index contributed by atoms with van der Waals surface area (Å²) in [5.41, 5.74) is 2.87. The molecule has 1 N–H and O–H groups in total. The van der Waals surface area contributed by atoms with E-state index in [2.05, 4.69) is 5.32 Å². The van der Waals surface area contributed by atoms with Crippen molar-refractivity contribution in [2.75, 3.05) is 5.32 Å². The number of thiophene rings is 1. The maximum absolute atomic E-state index is 12.1. The number of anilines is 1. The molecule has 0 fully saturated rings. The first-order chi connectivity index (χ1) is 8.74. The van der Waals surface area contributed by atoms with E-state index in [1.807, 2.05) is 42.6 Å². The number of amides is 1. The molecule has 0 radical (unpaired) electrons. The van der Waals surface area contributed by atoms with Crippen LogP contribution in [0, 0.1) is 0 Å². The summed E-state index contributed by atoms with van der Waals surface area (Å²) in [6.45, 7) is 2.05. The minimum atomic E-state index is -0.0476. The lowest BCUT2D eigenvalue weighted by Crippen LogP contribution is -2.12. The van der Waals surface area contributed by atoms with Gasteiger partial charge in [-0.2, -0.15) is 0 Å². The molecule has 0 unspecified atom stereocenters. The van der Waals surface area contributed by atoms with Crippen LogP contribution in [0.3, 0.4) is 0 Å². The normalized spacial score (nSPS) is 10.3. The van der Waals surface area contributed by atoms with Crippen LogP contribution in [0.25, 0.3) is 0 Å². The van der Waals surface area contributed by atoms with Gasteiger partial charge >= 0.3 is 0 Å². The fraction of sp³-hybridized carbons (Fsp3) is 0.214. The van der Waals surface area contributed by atoms with E-state index in [-0.39, 0.29) is 5.91 Å². The molecule has 1 aromatic carbocycles. The Morgan fingerprint density at radius 2 is 2.22 bits per heavy atom. The zero-order valence-electron chi connectivity index (χ0n) is 10.1. The second-order valence-corrected chi connectivity index (χ2v) is 5.10. The van der Waals surface area contributed by atoms with Gasteiger partial charge in [-0.15, -0.1) is 22.9 Å². The highest BCUT2D eigenvalue weighted by Crippen LogP contribution is 2.20. The number of nitrogens with one attached hydrogen (secondary N) is 1. The molecule has 4 heteroatoms. The van der Waals surface area contributed by atoms with E-state index in [1.165, 1.54) is 11.3 Å². The Kier molecular flexibility index (Phi) is 4.39. The van der Waals surface area contributed by atoms with Crippen LogP contribution in [0.4, 0.5) is 5.69 Å².